The number of amides is 2. The lowest BCUT2D eigenvalue weighted by molar-refractivity contribution is -0.120. The number of ether oxygens (including phenoxy) is 1. The van der Waals surface area contributed by atoms with Gasteiger partial charge in [0.25, 0.3) is 5.91 Å². The van der Waals surface area contributed by atoms with Crippen LogP contribution in [0.15, 0.2) is 24.3 Å². The third kappa shape index (κ3) is 5.10. The number of terminal acetylenes is 1. The zero-order chi connectivity index (χ0) is 14.3. The number of hydrogen-bond acceptors (Lipinski definition) is 4. The van der Waals surface area contributed by atoms with Crippen LogP contribution in [-0.4, -0.2) is 24.5 Å². The fourth-order valence-electron chi connectivity index (χ4n) is 1.27. The summed E-state index contributed by atoms with van der Waals surface area (Å²) in [6.45, 7) is -0.228. The maximum atomic E-state index is 11.6. The lowest BCUT2D eigenvalue weighted by atomic mass is 10.2. The summed E-state index contributed by atoms with van der Waals surface area (Å²) in [6, 6.07) is 5.76. The number of anilines is 1. The maximum Gasteiger partial charge on any atom is 0.255 e. The zero-order valence-electron chi connectivity index (χ0n) is 10.3. The van der Waals surface area contributed by atoms with Crippen LogP contribution in [0.3, 0.4) is 0 Å². The van der Waals surface area contributed by atoms with Crippen LogP contribution in [0.5, 0.6) is 5.75 Å². The van der Waals surface area contributed by atoms with Crippen molar-refractivity contribution in [2.45, 2.75) is 12.5 Å². The molecule has 19 heavy (non-hydrogen) atoms. The van der Waals surface area contributed by atoms with E-state index in [9.17, 15) is 9.59 Å². The van der Waals surface area contributed by atoms with E-state index < -0.39 is 11.9 Å². The Hall–Kier alpha value is -2.52. The normalized spacial score (nSPS) is 11.2. The molecule has 0 aromatic heterocycles. The van der Waals surface area contributed by atoms with Gasteiger partial charge in [0.2, 0.25) is 5.91 Å². The van der Waals surface area contributed by atoms with Crippen LogP contribution in [0.2, 0.25) is 0 Å². The Morgan fingerprint density at radius 1 is 1.47 bits per heavy atom. The molecule has 0 spiro atoms. The number of carbonyl (C=O) groups is 2. The fourth-order valence-corrected chi connectivity index (χ4v) is 1.27. The van der Waals surface area contributed by atoms with Crippen LogP contribution < -0.4 is 21.5 Å². The summed E-state index contributed by atoms with van der Waals surface area (Å²) in [7, 11) is 0. The molecule has 0 heterocycles. The number of rotatable bonds is 6. The average molecular weight is 261 g/mol. The van der Waals surface area contributed by atoms with Crippen molar-refractivity contribution >= 4 is 17.5 Å². The highest BCUT2D eigenvalue weighted by Gasteiger charge is 2.12. The Kier molecular flexibility index (Phi) is 5.38. The van der Waals surface area contributed by atoms with Crippen molar-refractivity contribution in [2.75, 3.05) is 11.9 Å². The number of nitrogens with one attached hydrogen (secondary N) is 1. The molecule has 0 saturated heterocycles. The molecule has 0 aliphatic rings. The Balaban J connectivity index is 2.64. The van der Waals surface area contributed by atoms with Crippen LogP contribution >= 0.6 is 0 Å². The summed E-state index contributed by atoms with van der Waals surface area (Å²) in [5.41, 5.74) is 11.0. The van der Waals surface area contributed by atoms with Crippen molar-refractivity contribution in [1.82, 2.24) is 0 Å². The number of nitrogens with two attached hydrogens (primary N) is 2. The monoisotopic (exact) mass is 261 g/mol. The highest BCUT2D eigenvalue weighted by atomic mass is 16.5. The molecule has 6 nitrogen and oxygen atoms in total. The van der Waals surface area contributed by atoms with Crippen molar-refractivity contribution < 1.29 is 14.3 Å². The van der Waals surface area contributed by atoms with E-state index in [1.807, 2.05) is 0 Å². The maximum absolute atomic E-state index is 11.6. The number of primary amides is 1. The van der Waals surface area contributed by atoms with Crippen molar-refractivity contribution in [3.05, 3.63) is 24.3 Å². The summed E-state index contributed by atoms with van der Waals surface area (Å²) >= 11 is 0. The topological polar surface area (TPSA) is 107 Å². The van der Waals surface area contributed by atoms with Crippen molar-refractivity contribution in [3.8, 4) is 18.1 Å². The fraction of sp³-hybridized carbons (Fsp3) is 0.231. The van der Waals surface area contributed by atoms with Gasteiger partial charge in [0.1, 0.15) is 5.75 Å². The summed E-state index contributed by atoms with van der Waals surface area (Å²) in [5.74, 6) is 1.77. The molecule has 6 heteroatoms. The van der Waals surface area contributed by atoms with E-state index in [1.165, 1.54) is 0 Å². The van der Waals surface area contributed by atoms with E-state index in [-0.39, 0.29) is 18.9 Å². The molecule has 0 aliphatic heterocycles. The van der Waals surface area contributed by atoms with Gasteiger partial charge in [-0.3, -0.25) is 9.59 Å². The minimum absolute atomic E-state index is 0.156. The average Bonchev–Trinajstić information content (AvgIpc) is 2.37. The lowest BCUT2D eigenvalue weighted by Crippen LogP contribution is -2.35. The van der Waals surface area contributed by atoms with Crippen molar-refractivity contribution in [3.63, 3.8) is 0 Å². The Labute approximate surface area is 111 Å². The quantitative estimate of drug-likeness (QED) is 0.618. The molecule has 1 atom stereocenters. The molecule has 5 N–H and O–H groups in total. The number of carbonyl (C=O) groups excluding carboxylic acids is 2. The predicted octanol–water partition coefficient (Wildman–Crippen LogP) is -0.160. The van der Waals surface area contributed by atoms with Crippen LogP contribution in [0, 0.1) is 12.3 Å². The number of benzene rings is 1. The van der Waals surface area contributed by atoms with Crippen LogP contribution in [-0.2, 0) is 9.59 Å². The van der Waals surface area contributed by atoms with Crippen molar-refractivity contribution in [1.29, 1.82) is 0 Å². The molecule has 0 fully saturated rings. The first-order valence-electron chi connectivity index (χ1n) is 5.54. The predicted molar refractivity (Wildman–Crippen MR) is 71.2 cm³/mol. The molecule has 1 rings (SSSR count). The molecule has 1 aromatic rings. The van der Waals surface area contributed by atoms with Crippen molar-refractivity contribution in [2.24, 2.45) is 11.5 Å². The van der Waals surface area contributed by atoms with Gasteiger partial charge in [0.05, 0.1) is 6.04 Å². The molecule has 2 amide bonds. The van der Waals surface area contributed by atoms with Gasteiger partial charge in [0, 0.05) is 18.2 Å². The SMILES string of the molecule is C#CCC(N)C(=O)Nc1cccc(OCC(N)=O)c1. The van der Waals surface area contributed by atoms with E-state index in [0.29, 0.717) is 11.4 Å². The Morgan fingerprint density at radius 2 is 2.21 bits per heavy atom. The van der Waals surface area contributed by atoms with Gasteiger partial charge in [-0.25, -0.2) is 0 Å². The Bertz CT molecular complexity index is 508. The summed E-state index contributed by atoms with van der Waals surface area (Å²) < 4.78 is 5.11. The van der Waals surface area contributed by atoms with E-state index in [1.54, 1.807) is 24.3 Å². The van der Waals surface area contributed by atoms with Gasteiger partial charge in [-0.2, -0.15) is 0 Å². The molecule has 0 aliphatic carbocycles. The van der Waals surface area contributed by atoms with E-state index >= 15 is 0 Å². The minimum atomic E-state index is -0.764. The second kappa shape index (κ2) is 7.03. The van der Waals surface area contributed by atoms with Gasteiger partial charge in [-0.1, -0.05) is 6.07 Å². The first-order chi connectivity index (χ1) is 9.02. The lowest BCUT2D eigenvalue weighted by Gasteiger charge is -2.11. The van der Waals surface area contributed by atoms with E-state index in [2.05, 4.69) is 11.2 Å². The summed E-state index contributed by atoms with van der Waals surface area (Å²) in [6.07, 6.45) is 5.24. The summed E-state index contributed by atoms with van der Waals surface area (Å²) in [5, 5.41) is 2.60. The third-order valence-electron chi connectivity index (χ3n) is 2.16. The van der Waals surface area contributed by atoms with Crippen LogP contribution in [0.4, 0.5) is 5.69 Å². The second-order valence-corrected chi connectivity index (χ2v) is 3.79. The van der Waals surface area contributed by atoms with Gasteiger partial charge in [0.15, 0.2) is 6.61 Å². The first-order valence-corrected chi connectivity index (χ1v) is 5.54. The smallest absolute Gasteiger partial charge is 0.255 e. The Morgan fingerprint density at radius 3 is 2.84 bits per heavy atom. The molecule has 0 saturated carbocycles. The second-order valence-electron chi connectivity index (χ2n) is 3.79. The van der Waals surface area contributed by atoms with E-state index in [4.69, 9.17) is 22.6 Å². The molecule has 0 radical (unpaired) electrons. The third-order valence-corrected chi connectivity index (χ3v) is 2.16. The van der Waals surface area contributed by atoms with Gasteiger partial charge in [-0.05, 0) is 12.1 Å². The molecule has 1 aromatic carbocycles. The van der Waals surface area contributed by atoms with Gasteiger partial charge < -0.3 is 21.5 Å². The molecule has 100 valence electrons. The van der Waals surface area contributed by atoms with E-state index in [0.717, 1.165) is 0 Å². The summed E-state index contributed by atoms with van der Waals surface area (Å²) in [4.78, 5) is 22.2. The van der Waals surface area contributed by atoms with Gasteiger partial charge in [-0.15, -0.1) is 12.3 Å². The number of hydrogen-bond donors (Lipinski definition) is 3. The molecular formula is C13H15N3O3. The van der Waals surface area contributed by atoms with Gasteiger partial charge >= 0.3 is 0 Å². The first kappa shape index (κ1) is 14.5. The highest BCUT2D eigenvalue weighted by Crippen LogP contribution is 2.17. The van der Waals surface area contributed by atoms with Crippen LogP contribution in [0.25, 0.3) is 0 Å². The largest absolute Gasteiger partial charge is 0.484 e. The molecule has 0 bridgehead atoms. The van der Waals surface area contributed by atoms with Crippen LogP contribution in [0.1, 0.15) is 6.42 Å². The highest BCUT2D eigenvalue weighted by molar-refractivity contribution is 5.95. The molecule has 1 unspecified atom stereocenters. The minimum Gasteiger partial charge on any atom is -0.484 e. The zero-order valence-corrected chi connectivity index (χ0v) is 10.3. The molecular weight excluding hydrogens is 246 g/mol. The standard InChI is InChI=1S/C13H15N3O3/c1-2-4-11(14)13(18)16-9-5-3-6-10(7-9)19-8-12(15)17/h1,3,5-7,11H,4,8,14H2,(H2,15,17)(H,16,18).